The summed E-state index contributed by atoms with van der Waals surface area (Å²) >= 11 is 0. The Morgan fingerprint density at radius 3 is 2.48 bits per heavy atom. The van der Waals surface area contributed by atoms with Gasteiger partial charge in [0.1, 0.15) is 11.5 Å². The second-order valence-corrected chi connectivity index (χ2v) is 7.85. The minimum atomic E-state index is 0. The van der Waals surface area contributed by atoms with Crippen molar-refractivity contribution in [2.75, 3.05) is 60.2 Å². The summed E-state index contributed by atoms with van der Waals surface area (Å²) in [5.41, 5.74) is 1.26. The molecule has 0 aromatic heterocycles. The van der Waals surface area contributed by atoms with E-state index >= 15 is 0 Å². The quantitative estimate of drug-likeness (QED) is 0.221. The number of guanidine groups is 1. The predicted molar refractivity (Wildman–Crippen MR) is 134 cm³/mol. The highest BCUT2D eigenvalue weighted by atomic mass is 127. The maximum atomic E-state index is 5.96. The van der Waals surface area contributed by atoms with Crippen LogP contribution in [0.15, 0.2) is 23.2 Å². The molecule has 8 heteroatoms. The van der Waals surface area contributed by atoms with Crippen LogP contribution in [0, 0.1) is 0 Å². The molecule has 3 rings (SSSR count). The van der Waals surface area contributed by atoms with Gasteiger partial charge in [0.05, 0.1) is 20.3 Å². The number of hydrogen-bond acceptors (Lipinski definition) is 5. The third kappa shape index (κ3) is 7.98. The second-order valence-electron chi connectivity index (χ2n) is 7.85. The van der Waals surface area contributed by atoms with Gasteiger partial charge in [0, 0.05) is 58.0 Å². The summed E-state index contributed by atoms with van der Waals surface area (Å²) in [6, 6.07) is 6.16. The Hall–Kier alpha value is -1.26. The maximum Gasteiger partial charge on any atom is 0.193 e. The van der Waals surface area contributed by atoms with Crippen LogP contribution < -0.4 is 14.8 Å². The van der Waals surface area contributed by atoms with E-state index in [-0.39, 0.29) is 24.0 Å². The minimum absolute atomic E-state index is 0. The summed E-state index contributed by atoms with van der Waals surface area (Å²) in [5, 5.41) is 3.45. The number of halogens is 1. The first kappa shape index (κ1) is 26.0. The zero-order chi connectivity index (χ0) is 21.2. The van der Waals surface area contributed by atoms with Crippen LogP contribution in [0.4, 0.5) is 0 Å². The number of rotatable bonds is 9. The lowest BCUT2D eigenvalue weighted by molar-refractivity contribution is -0.0318. The first-order valence-corrected chi connectivity index (χ1v) is 11.2. The van der Waals surface area contributed by atoms with Gasteiger partial charge in [0.25, 0.3) is 0 Å². The molecule has 31 heavy (non-hydrogen) atoms. The number of likely N-dealkylation sites (tertiary alicyclic amines) is 1. The summed E-state index contributed by atoms with van der Waals surface area (Å²) in [7, 11) is 3.39. The SMILES string of the molecule is CCNC(=NCCCOC1CCOCC1)N1CCC(c2cc(OC)cc(OC)c2)C1.I. The summed E-state index contributed by atoms with van der Waals surface area (Å²) in [6.45, 7) is 8.11. The van der Waals surface area contributed by atoms with E-state index in [1.54, 1.807) is 14.2 Å². The lowest BCUT2D eigenvalue weighted by atomic mass is 9.98. The molecule has 0 saturated carbocycles. The molecule has 1 unspecified atom stereocenters. The molecule has 2 aliphatic rings. The van der Waals surface area contributed by atoms with E-state index in [0.717, 1.165) is 89.1 Å². The van der Waals surface area contributed by atoms with Crippen LogP contribution in [0.1, 0.15) is 44.1 Å². The monoisotopic (exact) mass is 547 g/mol. The molecule has 1 aromatic carbocycles. The van der Waals surface area contributed by atoms with Crippen LogP contribution in [0.25, 0.3) is 0 Å². The largest absolute Gasteiger partial charge is 0.497 e. The first-order valence-electron chi connectivity index (χ1n) is 11.2. The average Bonchev–Trinajstić information content (AvgIpc) is 3.28. The summed E-state index contributed by atoms with van der Waals surface area (Å²) in [6.07, 6.45) is 4.41. The third-order valence-corrected chi connectivity index (χ3v) is 5.75. The molecule has 0 bridgehead atoms. The molecule has 0 aliphatic carbocycles. The normalized spacial score (nSPS) is 19.8. The van der Waals surface area contributed by atoms with Crippen LogP contribution in [0.2, 0.25) is 0 Å². The van der Waals surface area contributed by atoms with Crippen molar-refractivity contribution in [3.05, 3.63) is 23.8 Å². The average molecular weight is 547 g/mol. The van der Waals surface area contributed by atoms with E-state index in [1.807, 2.05) is 6.07 Å². The van der Waals surface area contributed by atoms with Gasteiger partial charge in [-0.2, -0.15) is 0 Å². The van der Waals surface area contributed by atoms with Crippen LogP contribution in [0.5, 0.6) is 11.5 Å². The zero-order valence-corrected chi connectivity index (χ0v) is 21.4. The Morgan fingerprint density at radius 1 is 1.13 bits per heavy atom. The highest BCUT2D eigenvalue weighted by Crippen LogP contribution is 2.32. The molecular weight excluding hydrogens is 509 g/mol. The fraction of sp³-hybridized carbons (Fsp3) is 0.696. The number of nitrogens with one attached hydrogen (secondary N) is 1. The highest BCUT2D eigenvalue weighted by molar-refractivity contribution is 14.0. The van der Waals surface area contributed by atoms with Gasteiger partial charge in [0.2, 0.25) is 0 Å². The Bertz CT molecular complexity index is 661. The van der Waals surface area contributed by atoms with E-state index in [9.17, 15) is 0 Å². The van der Waals surface area contributed by atoms with Gasteiger partial charge in [-0.1, -0.05) is 0 Å². The summed E-state index contributed by atoms with van der Waals surface area (Å²) < 4.78 is 22.2. The van der Waals surface area contributed by atoms with Gasteiger partial charge in [-0.15, -0.1) is 24.0 Å². The van der Waals surface area contributed by atoms with Crippen LogP contribution in [-0.2, 0) is 9.47 Å². The molecular formula is C23H38IN3O4. The topological polar surface area (TPSA) is 64.6 Å². The molecule has 0 amide bonds. The molecule has 1 aromatic rings. The van der Waals surface area contributed by atoms with Crippen molar-refractivity contribution >= 4 is 29.9 Å². The Morgan fingerprint density at radius 2 is 1.84 bits per heavy atom. The molecule has 1 atom stereocenters. The zero-order valence-electron chi connectivity index (χ0n) is 19.1. The number of aliphatic imine (C=N–C) groups is 1. The van der Waals surface area contributed by atoms with Gasteiger partial charge >= 0.3 is 0 Å². The standard InChI is InChI=1S/C23H37N3O4.HI/c1-4-24-23(25-9-5-11-30-20-7-12-29-13-8-20)26-10-6-18(17-26)19-14-21(27-2)16-22(15-19)28-3;/h14-16,18,20H,4-13,17H2,1-3H3,(H,24,25);1H. The number of benzene rings is 1. The van der Waals surface area contributed by atoms with Gasteiger partial charge < -0.3 is 29.2 Å². The maximum absolute atomic E-state index is 5.96. The van der Waals surface area contributed by atoms with Crippen molar-refractivity contribution in [1.82, 2.24) is 10.2 Å². The van der Waals surface area contributed by atoms with E-state index in [1.165, 1.54) is 5.56 Å². The lowest BCUT2D eigenvalue weighted by Gasteiger charge is -2.23. The van der Waals surface area contributed by atoms with E-state index in [0.29, 0.717) is 12.0 Å². The van der Waals surface area contributed by atoms with E-state index in [4.69, 9.17) is 23.9 Å². The molecule has 2 heterocycles. The molecule has 1 N–H and O–H groups in total. The van der Waals surface area contributed by atoms with Crippen molar-refractivity contribution in [3.8, 4) is 11.5 Å². The predicted octanol–water partition coefficient (Wildman–Crippen LogP) is 3.66. The van der Waals surface area contributed by atoms with Gasteiger partial charge in [-0.3, -0.25) is 4.99 Å². The van der Waals surface area contributed by atoms with Gasteiger partial charge in [-0.25, -0.2) is 0 Å². The second kappa shape index (κ2) is 14.0. The Kier molecular flexibility index (Phi) is 11.7. The fourth-order valence-corrected chi connectivity index (χ4v) is 4.06. The molecule has 7 nitrogen and oxygen atoms in total. The van der Waals surface area contributed by atoms with Crippen LogP contribution in [0.3, 0.4) is 0 Å². The van der Waals surface area contributed by atoms with E-state index < -0.39 is 0 Å². The summed E-state index contributed by atoms with van der Waals surface area (Å²) in [5.74, 6) is 3.12. The highest BCUT2D eigenvalue weighted by Gasteiger charge is 2.27. The third-order valence-electron chi connectivity index (χ3n) is 5.75. The van der Waals surface area contributed by atoms with Gasteiger partial charge in [-0.05, 0) is 50.3 Å². The van der Waals surface area contributed by atoms with Crippen molar-refractivity contribution in [2.45, 2.75) is 44.6 Å². The Balaban J connectivity index is 0.00000341. The minimum Gasteiger partial charge on any atom is -0.497 e. The molecule has 2 aliphatic heterocycles. The van der Waals surface area contributed by atoms with Crippen LogP contribution in [-0.4, -0.2) is 77.2 Å². The smallest absolute Gasteiger partial charge is 0.193 e. The van der Waals surface area contributed by atoms with Crippen molar-refractivity contribution in [2.24, 2.45) is 4.99 Å². The molecule has 176 valence electrons. The number of ether oxygens (including phenoxy) is 4. The number of hydrogen-bond donors (Lipinski definition) is 1. The van der Waals surface area contributed by atoms with Crippen LogP contribution >= 0.6 is 24.0 Å². The van der Waals surface area contributed by atoms with Crippen molar-refractivity contribution in [1.29, 1.82) is 0 Å². The number of methoxy groups -OCH3 is 2. The molecule has 2 fully saturated rings. The van der Waals surface area contributed by atoms with Gasteiger partial charge in [0.15, 0.2) is 5.96 Å². The number of nitrogens with zero attached hydrogens (tertiary/aromatic N) is 2. The molecule has 0 radical (unpaired) electrons. The molecule has 2 saturated heterocycles. The van der Waals surface area contributed by atoms with Crippen molar-refractivity contribution < 1.29 is 18.9 Å². The van der Waals surface area contributed by atoms with E-state index in [2.05, 4.69) is 29.3 Å². The Labute approximate surface area is 203 Å². The lowest BCUT2D eigenvalue weighted by Crippen LogP contribution is -2.40. The molecule has 0 spiro atoms. The summed E-state index contributed by atoms with van der Waals surface area (Å²) in [4.78, 5) is 7.21. The fourth-order valence-electron chi connectivity index (χ4n) is 4.06. The van der Waals surface area contributed by atoms with Crippen molar-refractivity contribution in [3.63, 3.8) is 0 Å². The first-order chi connectivity index (χ1) is 14.7.